The number of ether oxygens (including phenoxy) is 2. The first-order valence-electron chi connectivity index (χ1n) is 9.91. The van der Waals surface area contributed by atoms with Crippen LogP contribution >= 0.6 is 11.6 Å². The SMILES string of the molecule is COc1ccc(Cl)cc1NC(=O)Cn1nnc(-c2ccc(CN3CCOCC3)cc2)n1. The number of hydrogen-bond acceptors (Lipinski definition) is 7. The van der Waals surface area contributed by atoms with E-state index in [0.29, 0.717) is 22.3 Å². The number of hydrogen-bond donors (Lipinski definition) is 1. The number of methoxy groups -OCH3 is 1. The second kappa shape index (κ2) is 9.86. The average molecular weight is 443 g/mol. The number of rotatable bonds is 7. The van der Waals surface area contributed by atoms with Crippen LogP contribution in [0.15, 0.2) is 42.5 Å². The lowest BCUT2D eigenvalue weighted by molar-refractivity contribution is -0.117. The van der Waals surface area contributed by atoms with Gasteiger partial charge in [0.05, 0.1) is 26.0 Å². The monoisotopic (exact) mass is 442 g/mol. The normalized spacial score (nSPS) is 14.4. The van der Waals surface area contributed by atoms with Crippen molar-refractivity contribution in [2.24, 2.45) is 0 Å². The quantitative estimate of drug-likeness (QED) is 0.600. The van der Waals surface area contributed by atoms with Crippen molar-refractivity contribution in [3.8, 4) is 17.1 Å². The molecule has 3 aromatic rings. The fourth-order valence-electron chi connectivity index (χ4n) is 3.30. The van der Waals surface area contributed by atoms with Crippen LogP contribution in [0, 0.1) is 0 Å². The molecule has 0 aliphatic carbocycles. The number of nitrogens with zero attached hydrogens (tertiary/aromatic N) is 5. The van der Waals surface area contributed by atoms with Gasteiger partial charge in [0.1, 0.15) is 12.3 Å². The molecule has 9 nitrogen and oxygen atoms in total. The van der Waals surface area contributed by atoms with Crippen LogP contribution in [0.4, 0.5) is 5.69 Å². The van der Waals surface area contributed by atoms with Gasteiger partial charge in [-0.1, -0.05) is 35.9 Å². The molecule has 1 N–H and O–H groups in total. The fourth-order valence-corrected chi connectivity index (χ4v) is 3.47. The molecule has 2 heterocycles. The maximum Gasteiger partial charge on any atom is 0.248 e. The highest BCUT2D eigenvalue weighted by Crippen LogP contribution is 2.27. The molecule has 1 aliphatic heterocycles. The minimum absolute atomic E-state index is 0.0855. The Morgan fingerprint density at radius 3 is 2.71 bits per heavy atom. The van der Waals surface area contributed by atoms with Crippen molar-refractivity contribution in [1.82, 2.24) is 25.1 Å². The van der Waals surface area contributed by atoms with Crippen molar-refractivity contribution in [2.75, 3.05) is 38.7 Å². The number of aromatic nitrogens is 4. The molecule has 0 unspecified atom stereocenters. The number of tetrazole rings is 1. The summed E-state index contributed by atoms with van der Waals surface area (Å²) in [4.78, 5) is 16.0. The van der Waals surface area contributed by atoms with Crippen LogP contribution in [0.2, 0.25) is 5.02 Å². The highest BCUT2D eigenvalue weighted by molar-refractivity contribution is 6.31. The molecule has 0 spiro atoms. The first-order valence-corrected chi connectivity index (χ1v) is 10.3. The van der Waals surface area contributed by atoms with Gasteiger partial charge < -0.3 is 14.8 Å². The summed E-state index contributed by atoms with van der Waals surface area (Å²) in [6.45, 7) is 4.25. The summed E-state index contributed by atoms with van der Waals surface area (Å²) in [5.74, 6) is 0.665. The van der Waals surface area contributed by atoms with Crippen molar-refractivity contribution in [2.45, 2.75) is 13.1 Å². The molecule has 0 bridgehead atoms. The highest BCUT2D eigenvalue weighted by atomic mass is 35.5. The molecule has 1 aromatic heterocycles. The standard InChI is InChI=1S/C21H23ClN6O3/c1-30-19-7-6-17(22)12-18(19)23-20(29)14-28-25-21(24-26-28)16-4-2-15(3-5-16)13-27-8-10-31-11-9-27/h2-7,12H,8-11,13-14H2,1H3,(H,23,29). The molecule has 0 saturated carbocycles. The van der Waals surface area contributed by atoms with E-state index in [-0.39, 0.29) is 12.5 Å². The van der Waals surface area contributed by atoms with E-state index in [1.54, 1.807) is 18.2 Å². The van der Waals surface area contributed by atoms with Crippen LogP contribution in [0.1, 0.15) is 5.56 Å². The topological polar surface area (TPSA) is 94.4 Å². The van der Waals surface area contributed by atoms with Crippen LogP contribution in [0.5, 0.6) is 5.75 Å². The molecule has 10 heteroatoms. The number of benzene rings is 2. The minimum atomic E-state index is -0.314. The van der Waals surface area contributed by atoms with Crippen molar-refractivity contribution in [3.63, 3.8) is 0 Å². The Bertz CT molecular complexity index is 1030. The maximum absolute atomic E-state index is 12.4. The molecule has 0 atom stereocenters. The van der Waals surface area contributed by atoms with E-state index < -0.39 is 0 Å². The summed E-state index contributed by atoms with van der Waals surface area (Å²) in [6.07, 6.45) is 0. The van der Waals surface area contributed by atoms with Gasteiger partial charge in [0.15, 0.2) is 0 Å². The van der Waals surface area contributed by atoms with E-state index >= 15 is 0 Å². The second-order valence-electron chi connectivity index (χ2n) is 7.12. The lowest BCUT2D eigenvalue weighted by Gasteiger charge is -2.26. The Labute approximate surface area is 184 Å². The third-order valence-corrected chi connectivity index (χ3v) is 5.13. The molecule has 1 saturated heterocycles. The number of nitrogens with one attached hydrogen (secondary N) is 1. The van der Waals surface area contributed by atoms with Gasteiger partial charge in [0, 0.05) is 30.2 Å². The van der Waals surface area contributed by atoms with E-state index in [9.17, 15) is 4.79 Å². The second-order valence-corrected chi connectivity index (χ2v) is 7.56. The fraction of sp³-hybridized carbons (Fsp3) is 0.333. The number of carbonyl (C=O) groups is 1. The molecule has 1 fully saturated rings. The van der Waals surface area contributed by atoms with Crippen LogP contribution < -0.4 is 10.1 Å². The van der Waals surface area contributed by atoms with Gasteiger partial charge in [-0.25, -0.2) is 0 Å². The molecule has 0 radical (unpaired) electrons. The third-order valence-electron chi connectivity index (χ3n) is 4.90. The van der Waals surface area contributed by atoms with E-state index in [1.807, 2.05) is 12.1 Å². The number of morpholine rings is 1. The maximum atomic E-state index is 12.4. The summed E-state index contributed by atoms with van der Waals surface area (Å²) in [7, 11) is 1.52. The molecule has 2 aromatic carbocycles. The third kappa shape index (κ3) is 5.57. The molecule has 162 valence electrons. The van der Waals surface area contributed by atoms with E-state index in [4.69, 9.17) is 21.1 Å². The Morgan fingerprint density at radius 1 is 1.19 bits per heavy atom. The van der Waals surface area contributed by atoms with Crippen molar-refractivity contribution >= 4 is 23.2 Å². The van der Waals surface area contributed by atoms with Gasteiger partial charge in [-0.3, -0.25) is 9.69 Å². The summed E-state index contributed by atoms with van der Waals surface area (Å²) in [6, 6.07) is 13.0. The van der Waals surface area contributed by atoms with Crippen molar-refractivity contribution < 1.29 is 14.3 Å². The summed E-state index contributed by atoms with van der Waals surface area (Å²) >= 11 is 6.00. The zero-order valence-corrected chi connectivity index (χ0v) is 17.9. The zero-order valence-electron chi connectivity index (χ0n) is 17.1. The Morgan fingerprint density at radius 2 is 1.97 bits per heavy atom. The zero-order chi connectivity index (χ0) is 21.6. The van der Waals surface area contributed by atoms with Gasteiger partial charge in [-0.05, 0) is 29.0 Å². The van der Waals surface area contributed by atoms with Gasteiger partial charge in [0.2, 0.25) is 11.7 Å². The predicted octanol–water partition coefficient (Wildman–Crippen LogP) is 2.47. The minimum Gasteiger partial charge on any atom is -0.495 e. The Balaban J connectivity index is 1.36. The first kappa shape index (κ1) is 21.2. The number of amides is 1. The molecule has 1 amide bonds. The van der Waals surface area contributed by atoms with E-state index in [2.05, 4.69) is 37.8 Å². The van der Waals surface area contributed by atoms with Gasteiger partial charge in [-0.2, -0.15) is 4.80 Å². The number of carbonyl (C=O) groups excluding carboxylic acids is 1. The molecular formula is C21H23ClN6O3. The Hall–Kier alpha value is -3.01. The van der Waals surface area contributed by atoms with Gasteiger partial charge in [0.25, 0.3) is 0 Å². The predicted molar refractivity (Wildman–Crippen MR) is 116 cm³/mol. The largest absolute Gasteiger partial charge is 0.495 e. The van der Waals surface area contributed by atoms with Gasteiger partial charge >= 0.3 is 0 Å². The summed E-state index contributed by atoms with van der Waals surface area (Å²) in [5.41, 5.74) is 2.54. The molecule has 1 aliphatic rings. The van der Waals surface area contributed by atoms with Crippen molar-refractivity contribution in [1.29, 1.82) is 0 Å². The van der Waals surface area contributed by atoms with Crippen LogP contribution in [-0.4, -0.2) is 64.4 Å². The Kier molecular flexibility index (Phi) is 6.76. The van der Waals surface area contributed by atoms with Crippen LogP contribution in [0.25, 0.3) is 11.4 Å². The molecule has 31 heavy (non-hydrogen) atoms. The molecule has 4 rings (SSSR count). The van der Waals surface area contributed by atoms with Crippen LogP contribution in [-0.2, 0) is 22.6 Å². The average Bonchev–Trinajstić information content (AvgIpc) is 3.23. The lowest BCUT2D eigenvalue weighted by Crippen LogP contribution is -2.35. The van der Waals surface area contributed by atoms with Crippen molar-refractivity contribution in [3.05, 3.63) is 53.1 Å². The molecular weight excluding hydrogens is 420 g/mol. The van der Waals surface area contributed by atoms with E-state index in [1.165, 1.54) is 17.5 Å². The summed E-state index contributed by atoms with van der Waals surface area (Å²) in [5, 5.41) is 15.6. The lowest BCUT2D eigenvalue weighted by atomic mass is 10.1. The number of anilines is 1. The smallest absolute Gasteiger partial charge is 0.248 e. The van der Waals surface area contributed by atoms with E-state index in [0.717, 1.165) is 38.4 Å². The number of halogens is 1. The van der Waals surface area contributed by atoms with Gasteiger partial charge in [-0.15, -0.1) is 10.2 Å². The first-order chi connectivity index (χ1) is 15.1. The van der Waals surface area contributed by atoms with Crippen LogP contribution in [0.3, 0.4) is 0 Å². The summed E-state index contributed by atoms with van der Waals surface area (Å²) < 4.78 is 10.6. The highest BCUT2D eigenvalue weighted by Gasteiger charge is 2.13.